The van der Waals surface area contributed by atoms with Crippen LogP contribution in [0.3, 0.4) is 0 Å². The fraction of sp³-hybridized carbons (Fsp3) is 0.550. The summed E-state index contributed by atoms with van der Waals surface area (Å²) in [6.45, 7) is 9.80. The van der Waals surface area contributed by atoms with E-state index in [4.69, 9.17) is 4.74 Å². The van der Waals surface area contributed by atoms with E-state index in [1.165, 1.54) is 12.7 Å². The lowest BCUT2D eigenvalue weighted by molar-refractivity contribution is -0.00836. The van der Waals surface area contributed by atoms with E-state index < -0.39 is 5.60 Å². The minimum atomic E-state index is -0.678. The van der Waals surface area contributed by atoms with Crippen molar-refractivity contribution in [3.63, 3.8) is 0 Å². The highest BCUT2D eigenvalue weighted by Crippen LogP contribution is 2.33. The molecule has 0 radical (unpaired) electrons. The van der Waals surface area contributed by atoms with Crippen LogP contribution in [0.15, 0.2) is 29.8 Å². The summed E-state index contributed by atoms with van der Waals surface area (Å²) in [5.41, 5.74) is 2.42. The Bertz CT molecular complexity index is 609. The molecule has 1 N–H and O–H groups in total. The molecule has 1 aliphatic rings. The third-order valence-electron chi connectivity index (χ3n) is 4.50. The number of methoxy groups -OCH3 is 1. The molecule has 1 saturated heterocycles. The molecule has 0 saturated carbocycles. The number of piperidine rings is 1. The predicted molar refractivity (Wildman–Crippen MR) is 96.9 cm³/mol. The first-order chi connectivity index (χ1) is 11.1. The second-order valence-electron chi connectivity index (χ2n) is 7.89. The molecule has 132 valence electrons. The summed E-state index contributed by atoms with van der Waals surface area (Å²) >= 11 is 0. The zero-order valence-corrected chi connectivity index (χ0v) is 15.4. The number of β-amino-alcohol motifs (C(OH)–C–C–N with tert-alkyl or cyclic N) is 1. The topological polar surface area (TPSA) is 49.8 Å². The zero-order valence-electron chi connectivity index (χ0n) is 15.4. The number of ether oxygens (including phenoxy) is 1. The van der Waals surface area contributed by atoms with Crippen LogP contribution in [0.25, 0.3) is 6.08 Å². The van der Waals surface area contributed by atoms with Crippen LogP contribution in [-0.2, 0) is 4.74 Å². The van der Waals surface area contributed by atoms with Crippen molar-refractivity contribution in [2.24, 2.45) is 0 Å². The molecule has 1 aromatic carbocycles. The van der Waals surface area contributed by atoms with Gasteiger partial charge in [0.2, 0.25) is 0 Å². The van der Waals surface area contributed by atoms with Crippen molar-refractivity contribution in [2.45, 2.75) is 51.7 Å². The second-order valence-corrected chi connectivity index (χ2v) is 7.89. The molecule has 0 atom stereocenters. The molecule has 0 unspecified atom stereocenters. The Labute approximate surface area is 145 Å². The number of aliphatic hydroxyl groups is 1. The van der Waals surface area contributed by atoms with E-state index in [2.05, 4.69) is 24.8 Å². The van der Waals surface area contributed by atoms with Crippen LogP contribution in [0.1, 0.15) is 56.5 Å². The van der Waals surface area contributed by atoms with Gasteiger partial charge in [-0.3, -0.25) is 4.90 Å². The fourth-order valence-corrected chi connectivity index (χ4v) is 3.29. The molecular formula is C20H29NO3. The van der Waals surface area contributed by atoms with Gasteiger partial charge in [0.05, 0.1) is 18.3 Å². The maximum Gasteiger partial charge on any atom is 0.337 e. The highest BCUT2D eigenvalue weighted by molar-refractivity contribution is 5.89. The van der Waals surface area contributed by atoms with Crippen LogP contribution in [0.2, 0.25) is 0 Å². The molecule has 0 spiro atoms. The highest BCUT2D eigenvalue weighted by atomic mass is 16.5. The molecule has 4 heteroatoms. The van der Waals surface area contributed by atoms with Crippen molar-refractivity contribution in [1.29, 1.82) is 0 Å². The number of carbonyl (C=O) groups excluding carboxylic acids is 1. The van der Waals surface area contributed by atoms with E-state index in [1.807, 2.05) is 26.0 Å². The third-order valence-corrected chi connectivity index (χ3v) is 4.50. The van der Waals surface area contributed by atoms with Gasteiger partial charge in [0.15, 0.2) is 0 Å². The van der Waals surface area contributed by atoms with Gasteiger partial charge >= 0.3 is 5.97 Å². The van der Waals surface area contributed by atoms with Crippen molar-refractivity contribution < 1.29 is 14.6 Å². The average Bonchev–Trinajstić information content (AvgIpc) is 2.48. The summed E-state index contributed by atoms with van der Waals surface area (Å²) in [5, 5.41) is 10.1. The smallest absolute Gasteiger partial charge is 0.337 e. The van der Waals surface area contributed by atoms with E-state index in [0.29, 0.717) is 12.1 Å². The van der Waals surface area contributed by atoms with E-state index in [9.17, 15) is 9.90 Å². The van der Waals surface area contributed by atoms with Gasteiger partial charge in [0.25, 0.3) is 0 Å². The summed E-state index contributed by atoms with van der Waals surface area (Å²) in [6.07, 6.45) is 4.18. The van der Waals surface area contributed by atoms with Crippen LogP contribution in [0, 0.1) is 0 Å². The normalized spacial score (nSPS) is 20.2. The number of esters is 1. The van der Waals surface area contributed by atoms with Gasteiger partial charge < -0.3 is 9.84 Å². The predicted octanol–water partition coefficient (Wildman–Crippen LogP) is 3.50. The standard InChI is InChI=1S/C20H29NO3/c1-19(2)13-16(10-11-21(19)14-20(3,4)23)12-15-6-8-17(9-7-15)18(22)24-5/h6-9,12,23H,10-11,13-14H2,1-5H3/b16-12-. The number of benzene rings is 1. The summed E-state index contributed by atoms with van der Waals surface area (Å²) in [6, 6.07) is 7.50. The molecule has 24 heavy (non-hydrogen) atoms. The number of nitrogens with zero attached hydrogens (tertiary/aromatic N) is 1. The first-order valence-electron chi connectivity index (χ1n) is 8.46. The van der Waals surface area contributed by atoms with Gasteiger partial charge in [0, 0.05) is 18.6 Å². The van der Waals surface area contributed by atoms with Gasteiger partial charge in [-0.1, -0.05) is 23.8 Å². The molecule has 0 amide bonds. The molecule has 0 aliphatic carbocycles. The minimum Gasteiger partial charge on any atom is -0.465 e. The second kappa shape index (κ2) is 7.08. The Hall–Kier alpha value is -1.65. The third kappa shape index (κ3) is 4.92. The van der Waals surface area contributed by atoms with Gasteiger partial charge in [-0.2, -0.15) is 0 Å². The van der Waals surface area contributed by atoms with Crippen molar-refractivity contribution in [3.8, 4) is 0 Å². The first kappa shape index (κ1) is 18.7. The fourth-order valence-electron chi connectivity index (χ4n) is 3.29. The van der Waals surface area contributed by atoms with Crippen LogP contribution >= 0.6 is 0 Å². The maximum absolute atomic E-state index is 11.5. The molecule has 1 heterocycles. The van der Waals surface area contributed by atoms with Crippen molar-refractivity contribution >= 4 is 12.0 Å². The average molecular weight is 331 g/mol. The van der Waals surface area contributed by atoms with Crippen LogP contribution < -0.4 is 0 Å². The molecule has 1 aliphatic heterocycles. The molecule has 2 rings (SSSR count). The molecule has 0 aromatic heterocycles. The van der Waals surface area contributed by atoms with E-state index in [0.717, 1.165) is 24.9 Å². The van der Waals surface area contributed by atoms with Gasteiger partial charge in [0.1, 0.15) is 0 Å². The lowest BCUT2D eigenvalue weighted by atomic mass is 9.85. The van der Waals surface area contributed by atoms with E-state index >= 15 is 0 Å². The SMILES string of the molecule is COC(=O)c1ccc(/C=C2/CCN(CC(C)(C)O)C(C)(C)C2)cc1. The van der Waals surface area contributed by atoms with E-state index in [1.54, 1.807) is 12.1 Å². The molecular weight excluding hydrogens is 302 g/mol. The van der Waals surface area contributed by atoms with Gasteiger partial charge in [-0.15, -0.1) is 0 Å². The van der Waals surface area contributed by atoms with Crippen molar-refractivity contribution in [2.75, 3.05) is 20.2 Å². The molecule has 1 aromatic rings. The maximum atomic E-state index is 11.5. The monoisotopic (exact) mass is 331 g/mol. The number of likely N-dealkylation sites (tertiary alicyclic amines) is 1. The van der Waals surface area contributed by atoms with Crippen molar-refractivity contribution in [1.82, 2.24) is 4.90 Å². The Morgan fingerprint density at radius 3 is 2.46 bits per heavy atom. The largest absolute Gasteiger partial charge is 0.465 e. The number of hydrogen-bond acceptors (Lipinski definition) is 4. The summed E-state index contributed by atoms with van der Waals surface area (Å²) in [7, 11) is 1.39. The summed E-state index contributed by atoms with van der Waals surface area (Å²) < 4.78 is 4.72. The molecule has 0 bridgehead atoms. The molecule has 1 fully saturated rings. The Morgan fingerprint density at radius 2 is 1.96 bits per heavy atom. The van der Waals surface area contributed by atoms with Crippen LogP contribution in [-0.4, -0.2) is 47.3 Å². The van der Waals surface area contributed by atoms with Gasteiger partial charge in [-0.05, 0) is 58.2 Å². The van der Waals surface area contributed by atoms with E-state index in [-0.39, 0.29) is 11.5 Å². The van der Waals surface area contributed by atoms with Crippen LogP contribution in [0.5, 0.6) is 0 Å². The minimum absolute atomic E-state index is 0.0238. The highest BCUT2D eigenvalue weighted by Gasteiger charge is 2.34. The number of hydrogen-bond donors (Lipinski definition) is 1. The lowest BCUT2D eigenvalue weighted by Gasteiger charge is -2.45. The number of carbonyl (C=O) groups is 1. The van der Waals surface area contributed by atoms with Gasteiger partial charge in [-0.25, -0.2) is 4.79 Å². The number of rotatable bonds is 4. The molecule has 4 nitrogen and oxygen atoms in total. The lowest BCUT2D eigenvalue weighted by Crippen LogP contribution is -2.53. The summed E-state index contributed by atoms with van der Waals surface area (Å²) in [4.78, 5) is 13.9. The quantitative estimate of drug-likeness (QED) is 0.858. The Balaban J connectivity index is 2.09. The summed E-state index contributed by atoms with van der Waals surface area (Å²) in [5.74, 6) is -0.310. The Kier molecular flexibility index (Phi) is 5.51. The van der Waals surface area contributed by atoms with Crippen LogP contribution in [0.4, 0.5) is 0 Å². The Morgan fingerprint density at radius 1 is 1.33 bits per heavy atom. The first-order valence-corrected chi connectivity index (χ1v) is 8.46. The zero-order chi connectivity index (χ0) is 18.0. The van der Waals surface area contributed by atoms with Crippen molar-refractivity contribution in [3.05, 3.63) is 41.0 Å².